The van der Waals surface area contributed by atoms with E-state index in [1.165, 1.54) is 0 Å². The maximum absolute atomic E-state index is 12.3. The number of nitrogens with zero attached hydrogens (tertiary/aromatic N) is 2. The van der Waals surface area contributed by atoms with Crippen LogP contribution in [0.25, 0.3) is 10.9 Å². The lowest BCUT2D eigenvalue weighted by Gasteiger charge is -2.37. The van der Waals surface area contributed by atoms with Crippen LogP contribution in [0.5, 0.6) is 0 Å². The number of aromatic nitrogens is 1. The number of fused-ring (bicyclic) bond motifs is 1. The molecule has 0 bridgehead atoms. The van der Waals surface area contributed by atoms with E-state index in [0.29, 0.717) is 6.42 Å². The Morgan fingerprint density at radius 2 is 1.90 bits per heavy atom. The molecule has 1 amide bonds. The Hall–Kier alpha value is -1.94. The van der Waals surface area contributed by atoms with E-state index < -0.39 is 0 Å². The van der Waals surface area contributed by atoms with Crippen LogP contribution in [-0.4, -0.2) is 27.4 Å². The molecule has 1 aliphatic heterocycles. The van der Waals surface area contributed by atoms with Crippen molar-refractivity contribution in [3.05, 3.63) is 42.1 Å². The van der Waals surface area contributed by atoms with Gasteiger partial charge in [-0.3, -0.25) is 9.78 Å². The molecule has 4 nitrogen and oxygen atoms in total. The fourth-order valence-electron chi connectivity index (χ4n) is 3.15. The summed E-state index contributed by atoms with van der Waals surface area (Å²) < 4.78 is 0. The summed E-state index contributed by atoms with van der Waals surface area (Å²) >= 11 is 0. The molecule has 1 aliphatic rings. The van der Waals surface area contributed by atoms with Crippen LogP contribution < -0.4 is 5.73 Å². The highest BCUT2D eigenvalue weighted by Crippen LogP contribution is 2.37. The van der Waals surface area contributed by atoms with Crippen molar-refractivity contribution in [2.24, 2.45) is 5.73 Å². The second-order valence-corrected chi connectivity index (χ2v) is 6.68. The van der Waals surface area contributed by atoms with Gasteiger partial charge in [-0.25, -0.2) is 0 Å². The molecule has 1 aromatic carbocycles. The van der Waals surface area contributed by atoms with Crippen LogP contribution in [0.4, 0.5) is 0 Å². The van der Waals surface area contributed by atoms with Gasteiger partial charge in [0.25, 0.3) is 0 Å². The highest BCUT2D eigenvalue weighted by atomic mass is 16.2. The predicted molar refractivity (Wildman–Crippen MR) is 83.7 cm³/mol. The number of likely N-dealkylation sites (tertiary alicyclic amines) is 1. The standard InChI is InChI=1S/C17H21N3O/c1-17(2,3)20-15(21)10-12(18)16(20)14-9-8-11-6-4-5-7-13(11)19-14/h4-9,12,16H,10,18H2,1-3H3. The van der Waals surface area contributed by atoms with E-state index in [2.05, 4.69) is 0 Å². The molecule has 0 radical (unpaired) electrons. The van der Waals surface area contributed by atoms with Crippen molar-refractivity contribution in [2.75, 3.05) is 0 Å². The van der Waals surface area contributed by atoms with Crippen molar-refractivity contribution >= 4 is 16.8 Å². The highest BCUT2D eigenvalue weighted by molar-refractivity contribution is 5.82. The normalized spacial score (nSPS) is 23.0. The summed E-state index contributed by atoms with van der Waals surface area (Å²) in [7, 11) is 0. The van der Waals surface area contributed by atoms with Crippen molar-refractivity contribution in [3.63, 3.8) is 0 Å². The lowest BCUT2D eigenvalue weighted by Crippen LogP contribution is -2.45. The van der Waals surface area contributed by atoms with Gasteiger partial charge >= 0.3 is 0 Å². The first-order valence-corrected chi connectivity index (χ1v) is 7.31. The third-order valence-corrected chi connectivity index (χ3v) is 4.01. The average molecular weight is 283 g/mol. The van der Waals surface area contributed by atoms with Crippen LogP contribution in [0.2, 0.25) is 0 Å². The molecule has 1 fully saturated rings. The number of pyridine rings is 1. The molecule has 2 unspecified atom stereocenters. The fourth-order valence-corrected chi connectivity index (χ4v) is 3.15. The molecule has 1 saturated heterocycles. The second kappa shape index (κ2) is 4.81. The largest absolute Gasteiger partial charge is 0.328 e. The minimum Gasteiger partial charge on any atom is -0.328 e. The van der Waals surface area contributed by atoms with E-state index in [1.807, 2.05) is 62.1 Å². The molecule has 2 aromatic rings. The van der Waals surface area contributed by atoms with E-state index in [4.69, 9.17) is 10.7 Å². The summed E-state index contributed by atoms with van der Waals surface area (Å²) in [5.41, 5.74) is 7.79. The minimum atomic E-state index is -0.261. The number of para-hydroxylation sites is 1. The summed E-state index contributed by atoms with van der Waals surface area (Å²) in [6, 6.07) is 11.7. The maximum Gasteiger partial charge on any atom is 0.225 e. The summed E-state index contributed by atoms with van der Waals surface area (Å²) in [6.07, 6.45) is 0.385. The van der Waals surface area contributed by atoms with Crippen LogP contribution in [0, 0.1) is 0 Å². The van der Waals surface area contributed by atoms with Gasteiger partial charge in [-0.1, -0.05) is 24.3 Å². The van der Waals surface area contributed by atoms with Crippen molar-refractivity contribution in [2.45, 2.75) is 44.8 Å². The molecule has 0 saturated carbocycles. The zero-order valence-electron chi connectivity index (χ0n) is 12.7. The van der Waals surface area contributed by atoms with Crippen molar-refractivity contribution in [1.29, 1.82) is 0 Å². The first-order valence-electron chi connectivity index (χ1n) is 7.31. The maximum atomic E-state index is 12.3. The predicted octanol–water partition coefficient (Wildman–Crippen LogP) is 2.63. The zero-order chi connectivity index (χ0) is 15.2. The van der Waals surface area contributed by atoms with Crippen LogP contribution in [0.15, 0.2) is 36.4 Å². The molecule has 2 atom stereocenters. The Morgan fingerprint density at radius 1 is 1.19 bits per heavy atom. The van der Waals surface area contributed by atoms with E-state index >= 15 is 0 Å². The van der Waals surface area contributed by atoms with Crippen LogP contribution in [-0.2, 0) is 4.79 Å². The number of rotatable bonds is 1. The van der Waals surface area contributed by atoms with E-state index in [-0.39, 0.29) is 23.5 Å². The fraction of sp³-hybridized carbons (Fsp3) is 0.412. The van der Waals surface area contributed by atoms with Gasteiger partial charge in [0.2, 0.25) is 5.91 Å². The third-order valence-electron chi connectivity index (χ3n) is 4.01. The summed E-state index contributed by atoms with van der Waals surface area (Å²) in [6.45, 7) is 6.12. The summed E-state index contributed by atoms with van der Waals surface area (Å²) in [4.78, 5) is 18.9. The van der Waals surface area contributed by atoms with E-state index in [1.54, 1.807) is 0 Å². The van der Waals surface area contributed by atoms with Crippen molar-refractivity contribution in [1.82, 2.24) is 9.88 Å². The van der Waals surface area contributed by atoms with Gasteiger partial charge in [0, 0.05) is 23.4 Å². The molecule has 3 rings (SSSR count). The second-order valence-electron chi connectivity index (χ2n) is 6.68. The van der Waals surface area contributed by atoms with Gasteiger partial charge in [-0.2, -0.15) is 0 Å². The first-order chi connectivity index (χ1) is 9.88. The Labute approximate surface area is 125 Å². The molecule has 0 aliphatic carbocycles. The Bertz CT molecular complexity index is 690. The number of carbonyl (C=O) groups excluding carboxylic acids is 1. The molecule has 2 N–H and O–H groups in total. The lowest BCUT2D eigenvalue weighted by molar-refractivity contribution is -0.133. The zero-order valence-corrected chi connectivity index (χ0v) is 12.7. The summed E-state index contributed by atoms with van der Waals surface area (Å²) in [5.74, 6) is 0.106. The van der Waals surface area contributed by atoms with Crippen molar-refractivity contribution in [3.8, 4) is 0 Å². The molecule has 0 spiro atoms. The monoisotopic (exact) mass is 283 g/mol. The molecular formula is C17H21N3O. The number of amides is 1. The Morgan fingerprint density at radius 3 is 2.62 bits per heavy atom. The number of carbonyl (C=O) groups is 1. The molecule has 110 valence electrons. The van der Waals surface area contributed by atoms with Gasteiger partial charge in [-0.05, 0) is 32.9 Å². The van der Waals surface area contributed by atoms with E-state index in [9.17, 15) is 4.79 Å². The smallest absolute Gasteiger partial charge is 0.225 e. The molecule has 21 heavy (non-hydrogen) atoms. The Kier molecular flexibility index (Phi) is 3.21. The van der Waals surface area contributed by atoms with Crippen molar-refractivity contribution < 1.29 is 4.79 Å². The molecular weight excluding hydrogens is 262 g/mol. The quantitative estimate of drug-likeness (QED) is 0.875. The van der Waals surface area contributed by atoms with Gasteiger partial charge in [-0.15, -0.1) is 0 Å². The molecule has 1 aromatic heterocycles. The lowest BCUT2D eigenvalue weighted by atomic mass is 10.00. The van der Waals surface area contributed by atoms with E-state index in [0.717, 1.165) is 16.6 Å². The third kappa shape index (κ3) is 2.40. The van der Waals surface area contributed by atoms with Gasteiger partial charge in [0.1, 0.15) is 0 Å². The molecule has 4 heteroatoms. The SMILES string of the molecule is CC(C)(C)N1C(=O)CC(N)C1c1ccc2ccccc2n1. The highest BCUT2D eigenvalue weighted by Gasteiger charge is 2.44. The number of hydrogen-bond donors (Lipinski definition) is 1. The summed E-state index contributed by atoms with van der Waals surface area (Å²) in [5, 5.41) is 1.10. The van der Waals surface area contributed by atoms with Gasteiger partial charge in [0.15, 0.2) is 0 Å². The number of hydrogen-bond acceptors (Lipinski definition) is 3. The van der Waals surface area contributed by atoms with Crippen LogP contribution in [0.3, 0.4) is 0 Å². The minimum absolute atomic E-state index is 0.106. The Balaban J connectivity index is 2.08. The number of nitrogens with two attached hydrogens (primary N) is 1. The van der Waals surface area contributed by atoms with Gasteiger partial charge < -0.3 is 10.6 Å². The molecule has 2 heterocycles. The first kappa shape index (κ1) is 14.0. The average Bonchev–Trinajstić information content (AvgIpc) is 2.73. The van der Waals surface area contributed by atoms with Crippen LogP contribution in [0.1, 0.15) is 38.9 Å². The van der Waals surface area contributed by atoms with Gasteiger partial charge in [0.05, 0.1) is 17.3 Å². The van der Waals surface area contributed by atoms with Crippen LogP contribution >= 0.6 is 0 Å². The number of benzene rings is 1. The topological polar surface area (TPSA) is 59.2 Å².